The average molecular weight is 548 g/mol. The van der Waals surface area contributed by atoms with Gasteiger partial charge < -0.3 is 0 Å². The fourth-order valence-electron chi connectivity index (χ4n) is 4.49. The SMILES string of the molecule is Cc1ccc(/C=C2/S[C@@]3(SC(C(=O)c4ccccc4)=NN3c3ccc(C)cc3)N(c3ccccc3)C2=O)cc1. The summed E-state index contributed by atoms with van der Waals surface area (Å²) in [7, 11) is 0. The number of hydrogen-bond donors (Lipinski definition) is 0. The van der Waals surface area contributed by atoms with Gasteiger partial charge in [-0.3, -0.25) is 14.5 Å². The molecule has 0 aliphatic carbocycles. The highest BCUT2D eigenvalue weighted by Gasteiger charge is 2.60. The molecule has 0 bridgehead atoms. The van der Waals surface area contributed by atoms with E-state index >= 15 is 0 Å². The average Bonchev–Trinajstić information content (AvgIpc) is 3.47. The van der Waals surface area contributed by atoms with Gasteiger partial charge in [0.1, 0.15) is 0 Å². The number of hydrogen-bond acceptors (Lipinski definition) is 6. The Balaban J connectivity index is 1.51. The number of aryl methyl sites for hydroxylation is 2. The van der Waals surface area contributed by atoms with Crippen molar-refractivity contribution in [2.45, 2.75) is 18.2 Å². The normalized spacial score (nSPS) is 19.7. The van der Waals surface area contributed by atoms with Crippen LogP contribution in [0.4, 0.5) is 11.4 Å². The Bertz CT molecular complexity index is 1600. The van der Waals surface area contributed by atoms with E-state index in [9.17, 15) is 9.59 Å². The highest BCUT2D eigenvalue weighted by Crippen LogP contribution is 2.59. The smallest absolute Gasteiger partial charge is 0.268 e. The number of hydrazone groups is 1. The number of nitrogens with zero attached hydrogens (tertiary/aromatic N) is 3. The van der Waals surface area contributed by atoms with Crippen LogP contribution in [0.3, 0.4) is 0 Å². The predicted octanol–water partition coefficient (Wildman–Crippen LogP) is 7.49. The first-order chi connectivity index (χ1) is 18.9. The minimum absolute atomic E-state index is 0.139. The number of carbonyl (C=O) groups excluding carboxylic acids is 2. The molecule has 1 atom stereocenters. The Hall–Kier alpha value is -4.07. The maximum absolute atomic E-state index is 14.2. The van der Waals surface area contributed by atoms with Crippen molar-refractivity contribution in [3.63, 3.8) is 0 Å². The molecule has 2 aliphatic heterocycles. The van der Waals surface area contributed by atoms with E-state index in [1.165, 1.54) is 23.5 Å². The molecule has 1 saturated heterocycles. The number of rotatable bonds is 5. The summed E-state index contributed by atoms with van der Waals surface area (Å²) in [6.07, 6.45) is 1.92. The number of para-hydroxylation sites is 1. The second-order valence-corrected chi connectivity index (χ2v) is 12.0. The van der Waals surface area contributed by atoms with Gasteiger partial charge >= 0.3 is 0 Å². The van der Waals surface area contributed by atoms with Gasteiger partial charge in [-0.25, -0.2) is 5.01 Å². The summed E-state index contributed by atoms with van der Waals surface area (Å²) in [5.74, 6) is -0.313. The molecule has 0 radical (unpaired) electrons. The van der Waals surface area contributed by atoms with Crippen molar-refractivity contribution in [2.24, 2.45) is 5.10 Å². The first kappa shape index (κ1) is 25.2. The number of carbonyl (C=O) groups is 2. The lowest BCUT2D eigenvalue weighted by atomic mass is 10.1. The Morgan fingerprint density at radius 2 is 1.33 bits per heavy atom. The lowest BCUT2D eigenvalue weighted by Gasteiger charge is -2.38. The number of ketones is 1. The molecule has 1 fully saturated rings. The van der Waals surface area contributed by atoms with Crippen molar-refractivity contribution in [1.82, 2.24) is 0 Å². The van der Waals surface area contributed by atoms with E-state index in [2.05, 4.69) is 0 Å². The van der Waals surface area contributed by atoms with Crippen LogP contribution in [-0.4, -0.2) is 21.1 Å². The highest BCUT2D eigenvalue weighted by molar-refractivity contribution is 8.29. The van der Waals surface area contributed by atoms with E-state index in [0.717, 1.165) is 28.1 Å². The summed E-state index contributed by atoms with van der Waals surface area (Å²) in [6, 6.07) is 34.8. The summed E-state index contributed by atoms with van der Waals surface area (Å²) in [6.45, 7) is 4.06. The second-order valence-electron chi connectivity index (χ2n) is 9.40. The molecule has 2 aliphatic rings. The zero-order valence-corrected chi connectivity index (χ0v) is 23.1. The molecule has 4 aromatic carbocycles. The van der Waals surface area contributed by atoms with Crippen molar-refractivity contribution < 1.29 is 9.59 Å². The molecule has 0 N–H and O–H groups in total. The molecular formula is C32H25N3O2S2. The van der Waals surface area contributed by atoms with E-state index in [0.29, 0.717) is 15.5 Å². The van der Waals surface area contributed by atoms with Crippen molar-refractivity contribution >= 4 is 57.7 Å². The minimum atomic E-state index is -1.07. The lowest BCUT2D eigenvalue weighted by Crippen LogP contribution is -2.51. The predicted molar refractivity (Wildman–Crippen MR) is 163 cm³/mol. The van der Waals surface area contributed by atoms with E-state index in [1.807, 2.05) is 122 Å². The van der Waals surface area contributed by atoms with Crippen LogP contribution in [0, 0.1) is 13.8 Å². The van der Waals surface area contributed by atoms with Crippen LogP contribution in [0.15, 0.2) is 119 Å². The molecule has 4 aromatic rings. The fraction of sp³-hybridized carbons (Fsp3) is 0.0938. The molecule has 0 unspecified atom stereocenters. The van der Waals surface area contributed by atoms with Gasteiger partial charge in [0.25, 0.3) is 5.91 Å². The molecule has 0 saturated carbocycles. The second kappa shape index (κ2) is 10.2. The largest absolute Gasteiger partial charge is 0.286 e. The van der Waals surface area contributed by atoms with E-state index in [-0.39, 0.29) is 11.7 Å². The number of amides is 1. The van der Waals surface area contributed by atoms with Crippen LogP contribution < -0.4 is 9.91 Å². The topological polar surface area (TPSA) is 53.0 Å². The van der Waals surface area contributed by atoms with Gasteiger partial charge in [0.15, 0.2) is 5.04 Å². The molecule has 39 heavy (non-hydrogen) atoms. The molecule has 2 heterocycles. The maximum atomic E-state index is 14.2. The molecule has 6 rings (SSSR count). The van der Waals surface area contributed by atoms with Gasteiger partial charge in [0.2, 0.25) is 10.1 Å². The standard InChI is InChI=1S/C32H25N3O2S2/c1-22-13-17-24(18-14-22)21-28-31(37)34(26-11-7-4-8-12-26)32(38-28)35(27-19-15-23(2)16-20-27)33-30(39-32)29(36)25-9-5-3-6-10-25/h3-21H,1-2H3/b28-21+/t32-/m1/s1. The lowest BCUT2D eigenvalue weighted by molar-refractivity contribution is -0.114. The molecule has 7 heteroatoms. The third kappa shape index (κ3) is 4.68. The van der Waals surface area contributed by atoms with E-state index in [1.54, 1.807) is 17.0 Å². The van der Waals surface area contributed by atoms with Crippen LogP contribution in [0.25, 0.3) is 6.08 Å². The Kier molecular flexibility index (Phi) is 6.62. The third-order valence-corrected chi connectivity index (χ3v) is 9.24. The van der Waals surface area contributed by atoms with Crippen LogP contribution in [0.1, 0.15) is 27.0 Å². The molecule has 5 nitrogen and oxygen atoms in total. The van der Waals surface area contributed by atoms with Crippen LogP contribution in [-0.2, 0) is 4.79 Å². The molecule has 0 aromatic heterocycles. The quantitative estimate of drug-likeness (QED) is 0.191. The fourth-order valence-corrected chi connectivity index (χ4v) is 7.44. The third-order valence-electron chi connectivity index (χ3n) is 6.53. The number of Topliss-reactive ketones (excluding diaryl/α,β-unsaturated/α-hetero) is 1. The van der Waals surface area contributed by atoms with Crippen molar-refractivity contribution in [1.29, 1.82) is 0 Å². The molecular weight excluding hydrogens is 523 g/mol. The summed E-state index contributed by atoms with van der Waals surface area (Å²) in [5.41, 5.74) is 5.28. The van der Waals surface area contributed by atoms with E-state index in [4.69, 9.17) is 5.10 Å². The summed E-state index contributed by atoms with van der Waals surface area (Å²) < 4.78 is -1.07. The first-order valence-electron chi connectivity index (χ1n) is 12.6. The van der Waals surface area contributed by atoms with Gasteiger partial charge in [0, 0.05) is 11.3 Å². The van der Waals surface area contributed by atoms with Gasteiger partial charge in [-0.1, -0.05) is 108 Å². The van der Waals surface area contributed by atoms with Crippen LogP contribution >= 0.6 is 23.5 Å². The number of benzene rings is 4. The Labute approximate surface area is 236 Å². The summed E-state index contributed by atoms with van der Waals surface area (Å²) >= 11 is 2.72. The maximum Gasteiger partial charge on any atom is 0.268 e. The van der Waals surface area contributed by atoms with Crippen LogP contribution in [0.2, 0.25) is 0 Å². The molecule has 1 amide bonds. The van der Waals surface area contributed by atoms with Gasteiger partial charge in [-0.05, 0) is 61.5 Å². The molecule has 1 spiro atoms. The highest BCUT2D eigenvalue weighted by atomic mass is 32.2. The minimum Gasteiger partial charge on any atom is -0.286 e. The van der Waals surface area contributed by atoms with Gasteiger partial charge in [-0.2, -0.15) is 5.10 Å². The number of thioether (sulfide) groups is 2. The zero-order chi connectivity index (χ0) is 27.0. The first-order valence-corrected chi connectivity index (χ1v) is 14.2. The van der Waals surface area contributed by atoms with Crippen LogP contribution in [0.5, 0.6) is 0 Å². The van der Waals surface area contributed by atoms with Crippen molar-refractivity contribution in [2.75, 3.05) is 9.91 Å². The Morgan fingerprint density at radius 3 is 1.97 bits per heavy atom. The van der Waals surface area contributed by atoms with Gasteiger partial charge in [0.05, 0.1) is 10.6 Å². The Morgan fingerprint density at radius 1 is 0.744 bits per heavy atom. The number of anilines is 2. The molecule has 192 valence electrons. The zero-order valence-electron chi connectivity index (χ0n) is 21.4. The monoisotopic (exact) mass is 547 g/mol. The van der Waals surface area contributed by atoms with E-state index < -0.39 is 4.33 Å². The summed E-state index contributed by atoms with van der Waals surface area (Å²) in [5, 5.41) is 7.04. The van der Waals surface area contributed by atoms with Gasteiger partial charge in [-0.15, -0.1) is 0 Å². The summed E-state index contributed by atoms with van der Waals surface area (Å²) in [4.78, 5) is 30.2. The van der Waals surface area contributed by atoms with Crippen molar-refractivity contribution in [3.8, 4) is 0 Å². The van der Waals surface area contributed by atoms with Crippen molar-refractivity contribution in [3.05, 3.63) is 136 Å².